The summed E-state index contributed by atoms with van der Waals surface area (Å²) in [5, 5.41) is 5.62. The summed E-state index contributed by atoms with van der Waals surface area (Å²) in [6, 6.07) is 11.3. The molecule has 1 aromatic carbocycles. The molecule has 1 aliphatic rings. The van der Waals surface area contributed by atoms with Crippen LogP contribution in [0.15, 0.2) is 47.1 Å². The molecule has 1 aromatic heterocycles. The molecule has 1 aliphatic heterocycles. The van der Waals surface area contributed by atoms with Gasteiger partial charge in [0.2, 0.25) is 11.8 Å². The SMILES string of the molecule is CN(CC(=O)NCc1ccco1)CC(=O)Nc1ccc(N2CCOCC2)cc1. The van der Waals surface area contributed by atoms with Gasteiger partial charge in [-0.2, -0.15) is 0 Å². The summed E-state index contributed by atoms with van der Waals surface area (Å²) in [6.45, 7) is 3.81. The van der Waals surface area contributed by atoms with E-state index in [0.717, 1.165) is 37.7 Å². The molecule has 0 atom stereocenters. The largest absolute Gasteiger partial charge is 0.467 e. The Bertz CT molecular complexity index is 755. The standard InChI is InChI=1S/C20H26N4O4/c1-23(14-19(25)21-13-18-3-2-10-28-18)15-20(26)22-16-4-6-17(7-5-16)24-8-11-27-12-9-24/h2-7,10H,8-9,11-15H2,1H3,(H,21,25)(H,22,26). The third-order valence-electron chi connectivity index (χ3n) is 4.39. The van der Waals surface area contributed by atoms with Crippen LogP contribution in [-0.2, 0) is 20.9 Å². The number of carbonyl (C=O) groups excluding carboxylic acids is 2. The second-order valence-corrected chi connectivity index (χ2v) is 6.72. The molecule has 0 bridgehead atoms. The zero-order chi connectivity index (χ0) is 19.8. The average molecular weight is 386 g/mol. The third-order valence-corrected chi connectivity index (χ3v) is 4.39. The molecule has 2 heterocycles. The van der Waals surface area contributed by atoms with Gasteiger partial charge in [0.15, 0.2) is 0 Å². The van der Waals surface area contributed by atoms with E-state index in [9.17, 15) is 9.59 Å². The number of nitrogens with one attached hydrogen (secondary N) is 2. The van der Waals surface area contributed by atoms with E-state index in [-0.39, 0.29) is 24.9 Å². The van der Waals surface area contributed by atoms with Crippen LogP contribution in [0.2, 0.25) is 0 Å². The van der Waals surface area contributed by atoms with Gasteiger partial charge in [-0.25, -0.2) is 0 Å². The summed E-state index contributed by atoms with van der Waals surface area (Å²) in [5.74, 6) is 0.358. The molecule has 28 heavy (non-hydrogen) atoms. The van der Waals surface area contributed by atoms with Crippen LogP contribution in [0.5, 0.6) is 0 Å². The van der Waals surface area contributed by atoms with Gasteiger partial charge in [0.25, 0.3) is 0 Å². The molecule has 0 spiro atoms. The first-order valence-corrected chi connectivity index (χ1v) is 9.30. The average Bonchev–Trinajstić information content (AvgIpc) is 3.21. The number of ether oxygens (including phenoxy) is 1. The highest BCUT2D eigenvalue weighted by Crippen LogP contribution is 2.19. The number of anilines is 2. The Hall–Kier alpha value is -2.84. The Morgan fingerprint density at radius 2 is 1.79 bits per heavy atom. The van der Waals surface area contributed by atoms with Crippen molar-refractivity contribution < 1.29 is 18.7 Å². The van der Waals surface area contributed by atoms with Crippen molar-refractivity contribution in [2.45, 2.75) is 6.54 Å². The number of likely N-dealkylation sites (N-methyl/N-ethyl adjacent to an activating group) is 1. The van der Waals surface area contributed by atoms with E-state index in [1.54, 1.807) is 30.3 Å². The predicted octanol–water partition coefficient (Wildman–Crippen LogP) is 1.30. The molecule has 2 amide bonds. The van der Waals surface area contributed by atoms with E-state index in [0.29, 0.717) is 12.3 Å². The van der Waals surface area contributed by atoms with Gasteiger partial charge in [-0.15, -0.1) is 0 Å². The van der Waals surface area contributed by atoms with Crippen molar-refractivity contribution in [1.82, 2.24) is 10.2 Å². The van der Waals surface area contributed by atoms with E-state index >= 15 is 0 Å². The van der Waals surface area contributed by atoms with E-state index in [1.807, 2.05) is 24.3 Å². The fourth-order valence-corrected chi connectivity index (χ4v) is 2.98. The van der Waals surface area contributed by atoms with Crippen LogP contribution in [0, 0.1) is 0 Å². The van der Waals surface area contributed by atoms with Crippen LogP contribution in [-0.4, -0.2) is 63.2 Å². The summed E-state index contributed by atoms with van der Waals surface area (Å²) in [7, 11) is 1.73. The van der Waals surface area contributed by atoms with Gasteiger partial charge in [0.1, 0.15) is 5.76 Å². The maximum atomic E-state index is 12.2. The molecular formula is C20H26N4O4. The fourth-order valence-electron chi connectivity index (χ4n) is 2.98. The molecule has 8 heteroatoms. The highest BCUT2D eigenvalue weighted by atomic mass is 16.5. The van der Waals surface area contributed by atoms with Gasteiger partial charge >= 0.3 is 0 Å². The first-order chi connectivity index (χ1) is 13.6. The number of rotatable bonds is 8. The van der Waals surface area contributed by atoms with Crippen LogP contribution in [0.4, 0.5) is 11.4 Å². The van der Waals surface area contributed by atoms with E-state index in [1.165, 1.54) is 0 Å². The van der Waals surface area contributed by atoms with Crippen LogP contribution in [0.25, 0.3) is 0 Å². The number of hydrogen-bond donors (Lipinski definition) is 2. The molecule has 0 unspecified atom stereocenters. The van der Waals surface area contributed by atoms with Gasteiger partial charge in [0.05, 0.1) is 39.1 Å². The van der Waals surface area contributed by atoms with Gasteiger partial charge in [-0.3, -0.25) is 14.5 Å². The lowest BCUT2D eigenvalue weighted by Gasteiger charge is -2.28. The van der Waals surface area contributed by atoms with Crippen molar-refractivity contribution in [3.05, 3.63) is 48.4 Å². The summed E-state index contributed by atoms with van der Waals surface area (Å²) in [6.07, 6.45) is 1.56. The highest BCUT2D eigenvalue weighted by molar-refractivity contribution is 5.92. The Morgan fingerprint density at radius 1 is 1.07 bits per heavy atom. The minimum Gasteiger partial charge on any atom is -0.467 e. The van der Waals surface area contributed by atoms with Gasteiger partial charge in [-0.05, 0) is 43.4 Å². The lowest BCUT2D eigenvalue weighted by Crippen LogP contribution is -2.38. The summed E-state index contributed by atoms with van der Waals surface area (Å²) in [4.78, 5) is 28.1. The number of hydrogen-bond acceptors (Lipinski definition) is 6. The second kappa shape index (κ2) is 9.91. The van der Waals surface area contributed by atoms with Crippen molar-refractivity contribution in [3.8, 4) is 0 Å². The first-order valence-electron chi connectivity index (χ1n) is 9.30. The Labute approximate surface area is 164 Å². The third kappa shape index (κ3) is 6.11. The lowest BCUT2D eigenvalue weighted by atomic mass is 10.2. The van der Waals surface area contributed by atoms with Gasteiger partial charge in [0, 0.05) is 24.5 Å². The van der Waals surface area contributed by atoms with Crippen molar-refractivity contribution in [2.75, 3.05) is 56.7 Å². The van der Waals surface area contributed by atoms with Crippen LogP contribution < -0.4 is 15.5 Å². The Balaban J connectivity index is 1.39. The lowest BCUT2D eigenvalue weighted by molar-refractivity contribution is -0.123. The fraction of sp³-hybridized carbons (Fsp3) is 0.400. The normalized spacial score (nSPS) is 14.1. The maximum absolute atomic E-state index is 12.2. The monoisotopic (exact) mass is 386 g/mol. The minimum atomic E-state index is -0.166. The first kappa shape index (κ1) is 19.9. The minimum absolute atomic E-state index is 0.124. The van der Waals surface area contributed by atoms with Gasteiger partial charge < -0.3 is 24.7 Å². The molecule has 150 valence electrons. The number of furan rings is 1. The number of amides is 2. The van der Waals surface area contributed by atoms with Gasteiger partial charge in [-0.1, -0.05) is 0 Å². The number of carbonyl (C=O) groups is 2. The van der Waals surface area contributed by atoms with Crippen LogP contribution in [0.1, 0.15) is 5.76 Å². The van der Waals surface area contributed by atoms with Crippen LogP contribution in [0.3, 0.4) is 0 Å². The van der Waals surface area contributed by atoms with Crippen molar-refractivity contribution in [3.63, 3.8) is 0 Å². The molecule has 0 saturated carbocycles. The molecule has 2 aromatic rings. The molecule has 3 rings (SSSR count). The molecular weight excluding hydrogens is 360 g/mol. The van der Waals surface area contributed by atoms with Crippen molar-refractivity contribution in [1.29, 1.82) is 0 Å². The molecule has 0 aliphatic carbocycles. The predicted molar refractivity (Wildman–Crippen MR) is 106 cm³/mol. The summed E-state index contributed by atoms with van der Waals surface area (Å²) >= 11 is 0. The molecule has 0 radical (unpaired) electrons. The molecule has 2 N–H and O–H groups in total. The highest BCUT2D eigenvalue weighted by Gasteiger charge is 2.13. The number of morpholine rings is 1. The number of nitrogens with zero attached hydrogens (tertiary/aromatic N) is 2. The zero-order valence-electron chi connectivity index (χ0n) is 16.0. The number of benzene rings is 1. The second-order valence-electron chi connectivity index (χ2n) is 6.72. The zero-order valence-corrected chi connectivity index (χ0v) is 16.0. The summed E-state index contributed by atoms with van der Waals surface area (Å²) < 4.78 is 10.5. The Morgan fingerprint density at radius 3 is 2.46 bits per heavy atom. The molecule has 1 saturated heterocycles. The topological polar surface area (TPSA) is 87.0 Å². The van der Waals surface area contributed by atoms with Crippen molar-refractivity contribution >= 4 is 23.2 Å². The quantitative estimate of drug-likeness (QED) is 0.711. The maximum Gasteiger partial charge on any atom is 0.238 e. The Kier molecular flexibility index (Phi) is 7.05. The molecule has 1 fully saturated rings. The summed E-state index contributed by atoms with van der Waals surface area (Å²) in [5.41, 5.74) is 1.85. The smallest absolute Gasteiger partial charge is 0.238 e. The van der Waals surface area contributed by atoms with E-state index < -0.39 is 0 Å². The van der Waals surface area contributed by atoms with Crippen molar-refractivity contribution in [2.24, 2.45) is 0 Å². The van der Waals surface area contributed by atoms with E-state index in [4.69, 9.17) is 9.15 Å². The van der Waals surface area contributed by atoms with E-state index in [2.05, 4.69) is 15.5 Å². The molecule has 8 nitrogen and oxygen atoms in total. The van der Waals surface area contributed by atoms with Crippen LogP contribution >= 0.6 is 0 Å².